The molecule has 2 aromatic carbocycles. The van der Waals surface area contributed by atoms with Crippen molar-refractivity contribution in [1.29, 1.82) is 0 Å². The standard InChI is InChI=1S/C14H8O5S.C6H4O2.Na.H/c15-13-9-3-1-2-4-10(9)14(16)12-7-8(20(17,18)19)5-6-11(12)13;7-5-1-2-6(8)4-3-5;;/h1-7H,(H,17,18,19);1-4H;;. The van der Waals surface area contributed by atoms with Crippen molar-refractivity contribution < 1.29 is 32.1 Å². The number of rotatable bonds is 1. The molecule has 0 heterocycles. The molecule has 2 aliphatic rings. The van der Waals surface area contributed by atoms with Gasteiger partial charge in [0, 0.05) is 22.3 Å². The Kier molecular flexibility index (Phi) is 6.99. The van der Waals surface area contributed by atoms with E-state index in [1.807, 2.05) is 0 Å². The number of carbonyl (C=O) groups is 4. The number of ketones is 4. The van der Waals surface area contributed by atoms with E-state index in [1.165, 1.54) is 36.4 Å². The van der Waals surface area contributed by atoms with Crippen LogP contribution >= 0.6 is 0 Å². The van der Waals surface area contributed by atoms with E-state index < -0.39 is 20.8 Å². The van der Waals surface area contributed by atoms with Crippen LogP contribution in [0.3, 0.4) is 0 Å². The summed E-state index contributed by atoms with van der Waals surface area (Å²) < 4.78 is 31.2. The van der Waals surface area contributed by atoms with Crippen LogP contribution in [0.15, 0.2) is 71.7 Å². The van der Waals surface area contributed by atoms with Crippen molar-refractivity contribution in [3.8, 4) is 0 Å². The number of hydrogen-bond acceptors (Lipinski definition) is 6. The Balaban J connectivity index is 0.000000283. The molecule has 2 aromatic rings. The number of benzene rings is 2. The first-order chi connectivity index (χ1) is 13.2. The van der Waals surface area contributed by atoms with Gasteiger partial charge in [-0.25, -0.2) is 0 Å². The van der Waals surface area contributed by atoms with Crippen molar-refractivity contribution in [3.05, 3.63) is 89.0 Å². The van der Waals surface area contributed by atoms with Crippen molar-refractivity contribution in [2.24, 2.45) is 0 Å². The van der Waals surface area contributed by atoms with E-state index in [0.29, 0.717) is 5.56 Å². The summed E-state index contributed by atoms with van der Waals surface area (Å²) in [7, 11) is -4.42. The monoisotopic (exact) mass is 420 g/mol. The molecule has 0 unspecified atom stereocenters. The predicted molar refractivity (Wildman–Crippen MR) is 105 cm³/mol. The minimum atomic E-state index is -4.42. The zero-order valence-electron chi connectivity index (χ0n) is 14.2. The Bertz CT molecular complexity index is 1170. The van der Waals surface area contributed by atoms with E-state index in [2.05, 4.69) is 0 Å². The van der Waals surface area contributed by atoms with Crippen LogP contribution in [0, 0.1) is 0 Å². The fourth-order valence-corrected chi connectivity index (χ4v) is 3.19. The third kappa shape index (κ3) is 4.92. The summed E-state index contributed by atoms with van der Waals surface area (Å²) in [5.41, 5.74) is 0.659. The molecule has 0 atom stereocenters. The molecule has 0 fully saturated rings. The van der Waals surface area contributed by atoms with Gasteiger partial charge < -0.3 is 0 Å². The Morgan fingerprint density at radius 2 is 1.03 bits per heavy atom. The van der Waals surface area contributed by atoms with Crippen molar-refractivity contribution in [1.82, 2.24) is 0 Å². The van der Waals surface area contributed by atoms with Gasteiger partial charge in [0.2, 0.25) is 0 Å². The molecule has 0 aromatic heterocycles. The number of fused-ring (bicyclic) bond motifs is 2. The molecule has 0 bridgehead atoms. The molecule has 142 valence electrons. The molecule has 0 radical (unpaired) electrons. The van der Waals surface area contributed by atoms with Crippen LogP contribution in [-0.4, -0.2) is 65.7 Å². The molecule has 0 saturated carbocycles. The van der Waals surface area contributed by atoms with Crippen LogP contribution in [0.1, 0.15) is 31.8 Å². The summed E-state index contributed by atoms with van der Waals surface area (Å²) in [6.45, 7) is 0. The Labute approximate surface area is 188 Å². The van der Waals surface area contributed by atoms with Gasteiger partial charge >= 0.3 is 29.6 Å². The summed E-state index contributed by atoms with van der Waals surface area (Å²) in [6, 6.07) is 9.72. The van der Waals surface area contributed by atoms with E-state index in [0.717, 1.165) is 12.1 Å². The summed E-state index contributed by atoms with van der Waals surface area (Å²) in [4.78, 5) is 44.7. The SMILES string of the molecule is O=C1C=CC(=O)C=C1.O=C1c2ccccc2C(=O)c2cc(S(=O)(=O)O)ccc21.[NaH]. The Hall–Kier alpha value is -2.49. The van der Waals surface area contributed by atoms with Gasteiger partial charge in [-0.1, -0.05) is 24.3 Å². The van der Waals surface area contributed by atoms with E-state index in [9.17, 15) is 27.6 Å². The zero-order chi connectivity index (χ0) is 20.5. The van der Waals surface area contributed by atoms with Gasteiger partial charge in [0.25, 0.3) is 10.1 Å². The Morgan fingerprint density at radius 1 is 0.621 bits per heavy atom. The molecule has 1 N–H and O–H groups in total. The average Bonchev–Trinajstić information content (AvgIpc) is 2.68. The third-order valence-electron chi connectivity index (χ3n) is 4.02. The summed E-state index contributed by atoms with van der Waals surface area (Å²) >= 11 is 0. The fraction of sp³-hybridized carbons (Fsp3) is 0. The van der Waals surface area contributed by atoms with Crippen LogP contribution < -0.4 is 0 Å². The van der Waals surface area contributed by atoms with Crippen molar-refractivity contribution in [2.75, 3.05) is 0 Å². The molecule has 7 nitrogen and oxygen atoms in total. The minimum absolute atomic E-state index is 0. The molecule has 0 amide bonds. The molecular weight excluding hydrogens is 407 g/mol. The van der Waals surface area contributed by atoms with Gasteiger partial charge in [-0.05, 0) is 42.5 Å². The Morgan fingerprint density at radius 3 is 1.48 bits per heavy atom. The third-order valence-corrected chi connectivity index (χ3v) is 4.87. The number of allylic oxidation sites excluding steroid dienone is 4. The van der Waals surface area contributed by atoms with E-state index in [-0.39, 0.29) is 63.6 Å². The van der Waals surface area contributed by atoms with Gasteiger partial charge in [-0.2, -0.15) is 8.42 Å². The van der Waals surface area contributed by atoms with Crippen LogP contribution in [0.5, 0.6) is 0 Å². The number of carbonyl (C=O) groups excluding carboxylic acids is 4. The van der Waals surface area contributed by atoms with E-state index in [4.69, 9.17) is 4.55 Å². The molecule has 29 heavy (non-hydrogen) atoms. The van der Waals surface area contributed by atoms with Gasteiger partial charge in [0.1, 0.15) is 0 Å². The molecule has 2 aliphatic carbocycles. The quantitative estimate of drug-likeness (QED) is 0.358. The van der Waals surface area contributed by atoms with Crippen molar-refractivity contribution in [3.63, 3.8) is 0 Å². The normalized spacial score (nSPS) is 14.4. The predicted octanol–water partition coefficient (Wildman–Crippen LogP) is 1.31. The summed E-state index contributed by atoms with van der Waals surface area (Å²) in [5, 5.41) is 0. The second-order valence-electron chi connectivity index (χ2n) is 5.86. The maximum atomic E-state index is 12.3. The molecule has 9 heteroatoms. The van der Waals surface area contributed by atoms with Crippen molar-refractivity contribution in [2.45, 2.75) is 4.90 Å². The number of hydrogen-bond donors (Lipinski definition) is 1. The molecule has 4 rings (SSSR count). The fourth-order valence-electron chi connectivity index (χ4n) is 2.68. The first kappa shape index (κ1) is 22.8. The molecule has 0 spiro atoms. The first-order valence-electron chi connectivity index (χ1n) is 7.92. The summed E-state index contributed by atoms with van der Waals surface area (Å²) in [6.07, 6.45) is 5.01. The van der Waals surface area contributed by atoms with Crippen molar-refractivity contribution >= 4 is 62.8 Å². The van der Waals surface area contributed by atoms with Gasteiger partial charge in [-0.15, -0.1) is 0 Å². The molecule has 0 aliphatic heterocycles. The second-order valence-corrected chi connectivity index (χ2v) is 7.28. The molecular formula is C20H13NaO7S. The van der Waals surface area contributed by atoms with Crippen LogP contribution in [0.2, 0.25) is 0 Å². The van der Waals surface area contributed by atoms with Crippen LogP contribution in [0.25, 0.3) is 0 Å². The molecule has 0 saturated heterocycles. The summed E-state index contributed by atoms with van der Waals surface area (Å²) in [5.74, 6) is -1.01. The zero-order valence-corrected chi connectivity index (χ0v) is 15.0. The van der Waals surface area contributed by atoms with Crippen LogP contribution in [0.4, 0.5) is 0 Å². The first-order valence-corrected chi connectivity index (χ1v) is 9.36. The van der Waals surface area contributed by atoms with Gasteiger partial charge in [-0.3, -0.25) is 23.7 Å². The average molecular weight is 420 g/mol. The maximum absolute atomic E-state index is 12.3. The van der Waals surface area contributed by atoms with E-state index in [1.54, 1.807) is 18.2 Å². The van der Waals surface area contributed by atoms with E-state index >= 15 is 0 Å². The van der Waals surface area contributed by atoms with Crippen LogP contribution in [-0.2, 0) is 19.7 Å². The topological polar surface area (TPSA) is 123 Å². The van der Waals surface area contributed by atoms with Gasteiger partial charge in [0.15, 0.2) is 23.1 Å². The second kappa shape index (κ2) is 8.89. The van der Waals surface area contributed by atoms with Gasteiger partial charge in [0.05, 0.1) is 4.90 Å².